The quantitative estimate of drug-likeness (QED) is 0.444. The topological polar surface area (TPSA) is 93.1 Å². The SMILES string of the molecule is CCC(C)(CC(C)(C)C(=O)OC)C(=O)OCCCCC(O)CO. The summed E-state index contributed by atoms with van der Waals surface area (Å²) in [6, 6.07) is 0. The molecule has 0 fully saturated rings. The van der Waals surface area contributed by atoms with Crippen LogP contribution >= 0.6 is 0 Å². The molecule has 23 heavy (non-hydrogen) atoms. The molecule has 0 aromatic carbocycles. The molecule has 0 aromatic rings. The number of hydrogen-bond donors (Lipinski definition) is 2. The fourth-order valence-electron chi connectivity index (χ4n) is 2.58. The van der Waals surface area contributed by atoms with E-state index in [1.54, 1.807) is 20.8 Å². The molecule has 0 aliphatic rings. The normalized spacial score (nSPS) is 15.6. The highest BCUT2D eigenvalue weighted by atomic mass is 16.5. The molecule has 0 rings (SSSR count). The van der Waals surface area contributed by atoms with Gasteiger partial charge in [-0.15, -0.1) is 0 Å². The zero-order chi connectivity index (χ0) is 18.1. The highest BCUT2D eigenvalue weighted by Crippen LogP contribution is 2.38. The Morgan fingerprint density at radius 3 is 2.22 bits per heavy atom. The zero-order valence-corrected chi connectivity index (χ0v) is 15.1. The number of rotatable bonds is 11. The lowest BCUT2D eigenvalue weighted by atomic mass is 9.72. The van der Waals surface area contributed by atoms with Crippen LogP contribution in [0.2, 0.25) is 0 Å². The Kier molecular flexibility index (Phi) is 9.39. The van der Waals surface area contributed by atoms with Crippen molar-refractivity contribution in [2.75, 3.05) is 20.3 Å². The molecule has 0 saturated carbocycles. The number of carbonyl (C=O) groups excluding carboxylic acids is 2. The molecule has 0 aliphatic carbocycles. The minimum atomic E-state index is -0.760. The van der Waals surface area contributed by atoms with Crippen LogP contribution in [0.1, 0.15) is 59.8 Å². The summed E-state index contributed by atoms with van der Waals surface area (Å²) >= 11 is 0. The van der Waals surface area contributed by atoms with Crippen LogP contribution in [0.5, 0.6) is 0 Å². The van der Waals surface area contributed by atoms with Crippen LogP contribution in [0.25, 0.3) is 0 Å². The van der Waals surface area contributed by atoms with Gasteiger partial charge < -0.3 is 19.7 Å². The maximum absolute atomic E-state index is 12.4. The van der Waals surface area contributed by atoms with Gasteiger partial charge in [0.15, 0.2) is 0 Å². The third-order valence-electron chi connectivity index (χ3n) is 4.22. The van der Waals surface area contributed by atoms with Crippen molar-refractivity contribution in [1.82, 2.24) is 0 Å². The van der Waals surface area contributed by atoms with Crippen molar-refractivity contribution >= 4 is 11.9 Å². The second-order valence-electron chi connectivity index (χ2n) is 6.93. The van der Waals surface area contributed by atoms with Gasteiger partial charge in [-0.2, -0.15) is 0 Å². The molecular formula is C17H32O6. The summed E-state index contributed by atoms with van der Waals surface area (Å²) < 4.78 is 10.1. The second kappa shape index (κ2) is 9.88. The van der Waals surface area contributed by atoms with Gasteiger partial charge in [-0.05, 0) is 52.9 Å². The molecule has 0 heterocycles. The molecule has 6 heteroatoms. The molecule has 0 spiro atoms. The van der Waals surface area contributed by atoms with E-state index in [9.17, 15) is 14.7 Å². The molecule has 0 bridgehead atoms. The lowest BCUT2D eigenvalue weighted by Crippen LogP contribution is -2.38. The summed E-state index contributed by atoms with van der Waals surface area (Å²) in [5.41, 5.74) is -1.51. The average molecular weight is 332 g/mol. The Hall–Kier alpha value is -1.14. The molecule has 2 unspecified atom stereocenters. The first-order valence-corrected chi connectivity index (χ1v) is 8.17. The molecule has 0 saturated heterocycles. The van der Waals surface area contributed by atoms with Gasteiger partial charge in [0.05, 0.1) is 37.3 Å². The van der Waals surface area contributed by atoms with Crippen molar-refractivity contribution in [1.29, 1.82) is 0 Å². The van der Waals surface area contributed by atoms with Crippen molar-refractivity contribution in [2.45, 2.75) is 65.9 Å². The van der Waals surface area contributed by atoms with Crippen LogP contribution in [0.3, 0.4) is 0 Å². The van der Waals surface area contributed by atoms with Crippen molar-refractivity contribution in [3.05, 3.63) is 0 Å². The lowest BCUT2D eigenvalue weighted by Gasteiger charge is -2.33. The first-order valence-electron chi connectivity index (χ1n) is 8.17. The number of carbonyl (C=O) groups is 2. The Labute approximate surface area is 139 Å². The summed E-state index contributed by atoms with van der Waals surface area (Å²) in [5, 5.41) is 18.0. The van der Waals surface area contributed by atoms with E-state index in [0.717, 1.165) is 0 Å². The predicted octanol–water partition coefficient (Wildman–Crippen LogP) is 2.06. The number of methoxy groups -OCH3 is 1. The third kappa shape index (κ3) is 7.31. The summed E-state index contributed by atoms with van der Waals surface area (Å²) in [7, 11) is 1.34. The number of aliphatic hydroxyl groups is 2. The van der Waals surface area contributed by atoms with E-state index in [-0.39, 0.29) is 25.2 Å². The van der Waals surface area contributed by atoms with E-state index in [2.05, 4.69) is 0 Å². The van der Waals surface area contributed by atoms with Crippen LogP contribution in [-0.4, -0.2) is 48.6 Å². The van der Waals surface area contributed by atoms with Gasteiger partial charge in [0.25, 0.3) is 0 Å². The van der Waals surface area contributed by atoms with Gasteiger partial charge in [-0.1, -0.05) is 6.92 Å². The first kappa shape index (κ1) is 21.9. The molecule has 2 N–H and O–H groups in total. The Bertz CT molecular complexity index is 379. The lowest BCUT2D eigenvalue weighted by molar-refractivity contribution is -0.161. The minimum absolute atomic E-state index is 0.254. The van der Waals surface area contributed by atoms with Gasteiger partial charge in [0, 0.05) is 0 Å². The zero-order valence-electron chi connectivity index (χ0n) is 15.1. The summed E-state index contributed by atoms with van der Waals surface area (Å²) in [6.07, 6.45) is 1.98. The molecule has 0 radical (unpaired) electrons. The fraction of sp³-hybridized carbons (Fsp3) is 0.882. The highest BCUT2D eigenvalue weighted by Gasteiger charge is 2.42. The van der Waals surface area contributed by atoms with Crippen molar-refractivity contribution in [3.8, 4) is 0 Å². The van der Waals surface area contributed by atoms with Crippen LogP contribution < -0.4 is 0 Å². The molecule has 0 amide bonds. The minimum Gasteiger partial charge on any atom is -0.469 e. The van der Waals surface area contributed by atoms with E-state index in [0.29, 0.717) is 32.1 Å². The average Bonchev–Trinajstić information content (AvgIpc) is 2.52. The molecular weight excluding hydrogens is 300 g/mol. The largest absolute Gasteiger partial charge is 0.469 e. The van der Waals surface area contributed by atoms with Crippen LogP contribution in [0.4, 0.5) is 0 Å². The van der Waals surface area contributed by atoms with E-state index >= 15 is 0 Å². The summed E-state index contributed by atoms with van der Waals surface area (Å²) in [5.74, 6) is -0.664. The number of esters is 2. The van der Waals surface area contributed by atoms with Crippen molar-refractivity contribution in [2.24, 2.45) is 10.8 Å². The number of ether oxygens (including phenoxy) is 2. The number of unbranched alkanes of at least 4 members (excludes halogenated alkanes) is 1. The Balaban J connectivity index is 4.46. The smallest absolute Gasteiger partial charge is 0.311 e. The number of aliphatic hydroxyl groups excluding tert-OH is 2. The summed E-state index contributed by atoms with van der Waals surface area (Å²) in [4.78, 5) is 24.2. The fourth-order valence-corrected chi connectivity index (χ4v) is 2.58. The van der Waals surface area contributed by atoms with E-state index in [4.69, 9.17) is 14.6 Å². The molecule has 0 aromatic heterocycles. The predicted molar refractivity (Wildman–Crippen MR) is 86.7 cm³/mol. The molecule has 2 atom stereocenters. The number of hydrogen-bond acceptors (Lipinski definition) is 6. The monoisotopic (exact) mass is 332 g/mol. The van der Waals surface area contributed by atoms with Crippen LogP contribution in [0, 0.1) is 10.8 Å². The van der Waals surface area contributed by atoms with Gasteiger partial charge in [-0.25, -0.2) is 0 Å². The van der Waals surface area contributed by atoms with E-state index < -0.39 is 16.9 Å². The van der Waals surface area contributed by atoms with E-state index in [1.807, 2.05) is 6.92 Å². The van der Waals surface area contributed by atoms with Crippen molar-refractivity contribution < 1.29 is 29.3 Å². The standard InChI is InChI=1S/C17H32O6/c1-6-17(4,12-16(2,3)14(20)22-5)15(21)23-10-8-7-9-13(19)11-18/h13,18-19H,6-12H2,1-5H3. The van der Waals surface area contributed by atoms with Crippen molar-refractivity contribution in [3.63, 3.8) is 0 Å². The van der Waals surface area contributed by atoms with E-state index in [1.165, 1.54) is 7.11 Å². The Morgan fingerprint density at radius 2 is 1.74 bits per heavy atom. The van der Waals surface area contributed by atoms with Gasteiger partial charge in [0.2, 0.25) is 0 Å². The van der Waals surface area contributed by atoms with Gasteiger partial charge in [-0.3, -0.25) is 9.59 Å². The maximum Gasteiger partial charge on any atom is 0.311 e. The van der Waals surface area contributed by atoms with Gasteiger partial charge in [0.1, 0.15) is 0 Å². The molecule has 136 valence electrons. The third-order valence-corrected chi connectivity index (χ3v) is 4.22. The first-order chi connectivity index (χ1) is 10.6. The maximum atomic E-state index is 12.4. The Morgan fingerprint density at radius 1 is 1.13 bits per heavy atom. The van der Waals surface area contributed by atoms with Gasteiger partial charge >= 0.3 is 11.9 Å². The highest BCUT2D eigenvalue weighted by molar-refractivity contribution is 5.80. The second-order valence-corrected chi connectivity index (χ2v) is 6.93. The van der Waals surface area contributed by atoms with Crippen LogP contribution in [0.15, 0.2) is 0 Å². The molecule has 6 nitrogen and oxygen atoms in total. The van der Waals surface area contributed by atoms with Crippen LogP contribution in [-0.2, 0) is 19.1 Å². The summed E-state index contributed by atoms with van der Waals surface area (Å²) in [6.45, 7) is 7.23. The molecule has 0 aliphatic heterocycles.